The Kier molecular flexibility index (Phi) is 9.40. The summed E-state index contributed by atoms with van der Waals surface area (Å²) in [4.78, 5) is 0. The van der Waals surface area contributed by atoms with Gasteiger partial charge in [0.25, 0.3) is 0 Å². The number of benzene rings is 3. The number of hydrogen-bond donors (Lipinski definition) is 0. The van der Waals surface area contributed by atoms with Crippen LogP contribution < -0.4 is 0 Å². The quantitative estimate of drug-likeness (QED) is 0.109. The highest BCUT2D eigenvalue weighted by atomic mass is 19.3. The number of halogens is 9. The van der Waals surface area contributed by atoms with E-state index < -0.39 is 70.0 Å². The zero-order chi connectivity index (χ0) is 30.6. The summed E-state index contributed by atoms with van der Waals surface area (Å²) in [6.45, 7) is 2.05. The Morgan fingerprint density at radius 1 is 0.810 bits per heavy atom. The van der Waals surface area contributed by atoms with Crippen molar-refractivity contribution in [2.75, 3.05) is 0 Å². The van der Waals surface area contributed by atoms with Gasteiger partial charge >= 0.3 is 6.11 Å². The van der Waals surface area contributed by atoms with Gasteiger partial charge in [0.15, 0.2) is 17.5 Å². The van der Waals surface area contributed by atoms with Gasteiger partial charge in [-0.3, -0.25) is 0 Å². The fraction of sp³-hybridized carbons (Fsp3) is 0.250. The Morgan fingerprint density at radius 3 is 2.14 bits per heavy atom. The second-order valence-corrected chi connectivity index (χ2v) is 9.65. The molecule has 42 heavy (non-hydrogen) atoms. The van der Waals surface area contributed by atoms with Gasteiger partial charge in [0.2, 0.25) is 0 Å². The molecule has 0 amide bonds. The minimum atomic E-state index is -4.40. The average molecular weight is 595 g/mol. The predicted octanol–water partition coefficient (Wildman–Crippen LogP) is 9.45. The number of hydrogen-bond acceptors (Lipinski definition) is 1. The number of rotatable bonds is 8. The maximum absolute atomic E-state index is 14.8. The lowest BCUT2D eigenvalue weighted by atomic mass is 9.89. The molecular formula is C32H23F9O. The van der Waals surface area contributed by atoms with Crippen molar-refractivity contribution in [3.63, 3.8) is 0 Å². The minimum Gasteiger partial charge on any atom is -0.429 e. The molecular weight excluding hydrogens is 571 g/mol. The molecule has 10 heteroatoms. The molecule has 3 aromatic carbocycles. The first-order valence-electron chi connectivity index (χ1n) is 12.9. The lowest BCUT2D eigenvalue weighted by molar-refractivity contribution is -0.223. The van der Waals surface area contributed by atoms with E-state index in [4.69, 9.17) is 0 Å². The second kappa shape index (κ2) is 12.8. The molecule has 1 aliphatic rings. The normalized spacial score (nSPS) is 16.8. The smallest absolute Gasteiger partial charge is 0.429 e. The number of alkyl halides is 3. The van der Waals surface area contributed by atoms with Crippen LogP contribution in [0.5, 0.6) is 0 Å². The standard InChI is InChI=1S/C32H23F9O/c1-2-3-4-5-18-6-9-20(24(33)12-18)10-7-19-8-11-23(25(34)13-19)32(40,41)42-22-16-26(35)30(27(36)17-22)21-14-28(37)31(39)29(38)15-21/h6,8-9,11-17,26,30H,2-5H2,1H3. The zero-order valence-electron chi connectivity index (χ0n) is 22.1. The first-order valence-corrected chi connectivity index (χ1v) is 12.9. The third-order valence-electron chi connectivity index (χ3n) is 6.56. The molecule has 0 radical (unpaired) electrons. The van der Waals surface area contributed by atoms with Crippen LogP contribution in [0.1, 0.15) is 59.9 Å². The Labute approximate surface area is 236 Å². The molecule has 0 spiro atoms. The van der Waals surface area contributed by atoms with Gasteiger partial charge in [0.1, 0.15) is 35.0 Å². The number of allylic oxidation sites excluding steroid dienone is 3. The molecule has 4 rings (SSSR count). The van der Waals surface area contributed by atoms with Crippen molar-refractivity contribution in [3.8, 4) is 11.8 Å². The fourth-order valence-electron chi connectivity index (χ4n) is 4.41. The van der Waals surface area contributed by atoms with Crippen molar-refractivity contribution < 1.29 is 44.3 Å². The molecule has 0 aromatic heterocycles. The fourth-order valence-corrected chi connectivity index (χ4v) is 4.41. The van der Waals surface area contributed by atoms with E-state index in [2.05, 4.69) is 23.5 Å². The van der Waals surface area contributed by atoms with Gasteiger partial charge in [-0.25, -0.2) is 30.7 Å². The van der Waals surface area contributed by atoms with Crippen LogP contribution in [-0.2, 0) is 17.3 Å². The highest BCUT2D eigenvalue weighted by Crippen LogP contribution is 2.41. The number of ether oxygens (including phenoxy) is 1. The maximum Gasteiger partial charge on any atom is 0.429 e. The monoisotopic (exact) mass is 594 g/mol. The first kappa shape index (κ1) is 30.8. The van der Waals surface area contributed by atoms with Gasteiger partial charge in [-0.2, -0.15) is 8.78 Å². The minimum absolute atomic E-state index is 0.0376. The Balaban J connectivity index is 1.48. The summed E-state index contributed by atoms with van der Waals surface area (Å²) >= 11 is 0. The number of aryl methyl sites for hydroxylation is 1. The summed E-state index contributed by atoms with van der Waals surface area (Å²) in [6.07, 6.45) is -2.40. The Morgan fingerprint density at radius 2 is 1.52 bits per heavy atom. The van der Waals surface area contributed by atoms with Gasteiger partial charge in [0.05, 0.1) is 11.5 Å². The molecule has 0 heterocycles. The van der Waals surface area contributed by atoms with Crippen LogP contribution >= 0.6 is 0 Å². The van der Waals surface area contributed by atoms with Gasteiger partial charge in [-0.1, -0.05) is 37.7 Å². The molecule has 0 saturated carbocycles. The molecule has 0 fully saturated rings. The zero-order valence-corrected chi connectivity index (χ0v) is 22.1. The van der Waals surface area contributed by atoms with Crippen molar-refractivity contribution in [1.82, 2.24) is 0 Å². The average Bonchev–Trinajstić information content (AvgIpc) is 2.90. The van der Waals surface area contributed by atoms with Crippen LogP contribution in [0.2, 0.25) is 0 Å². The van der Waals surface area contributed by atoms with E-state index in [0.29, 0.717) is 42.8 Å². The van der Waals surface area contributed by atoms with Gasteiger partial charge in [0, 0.05) is 11.6 Å². The molecule has 0 bridgehead atoms. The summed E-state index contributed by atoms with van der Waals surface area (Å²) in [5.74, 6) is -6.60. The van der Waals surface area contributed by atoms with Crippen molar-refractivity contribution >= 4 is 0 Å². The third kappa shape index (κ3) is 7.01. The maximum atomic E-state index is 14.8. The van der Waals surface area contributed by atoms with E-state index >= 15 is 0 Å². The first-order chi connectivity index (χ1) is 19.9. The molecule has 0 aliphatic heterocycles. The molecule has 1 aliphatic carbocycles. The van der Waals surface area contributed by atoms with Gasteiger partial charge in [-0.15, -0.1) is 0 Å². The van der Waals surface area contributed by atoms with E-state index in [1.807, 2.05) is 0 Å². The number of unbranched alkanes of at least 4 members (excludes halogenated alkanes) is 2. The highest BCUT2D eigenvalue weighted by Gasteiger charge is 2.40. The van der Waals surface area contributed by atoms with E-state index in [0.717, 1.165) is 30.9 Å². The molecule has 3 aromatic rings. The summed E-state index contributed by atoms with van der Waals surface area (Å²) in [6, 6.07) is 7.71. The van der Waals surface area contributed by atoms with E-state index in [1.54, 1.807) is 6.07 Å². The molecule has 2 unspecified atom stereocenters. The van der Waals surface area contributed by atoms with E-state index in [9.17, 15) is 39.5 Å². The SMILES string of the molecule is CCCCCc1ccc(C#Cc2ccc(C(F)(F)OC3=CC(F)C(c4cc(F)c(F)c(F)c4)C(F)=C3)c(F)c2)c(F)c1. The summed E-state index contributed by atoms with van der Waals surface area (Å²) < 4.78 is 133. The van der Waals surface area contributed by atoms with Crippen LogP contribution in [0.4, 0.5) is 39.5 Å². The van der Waals surface area contributed by atoms with Crippen LogP contribution in [0.3, 0.4) is 0 Å². The predicted molar refractivity (Wildman–Crippen MR) is 138 cm³/mol. The lowest BCUT2D eigenvalue weighted by Crippen LogP contribution is -2.23. The van der Waals surface area contributed by atoms with Crippen LogP contribution in [0, 0.1) is 40.9 Å². The Bertz CT molecular complexity index is 1570. The van der Waals surface area contributed by atoms with Crippen molar-refractivity contribution in [2.24, 2.45) is 0 Å². The summed E-state index contributed by atoms with van der Waals surface area (Å²) in [5.41, 5.74) is -1.09. The van der Waals surface area contributed by atoms with Crippen LogP contribution in [0.15, 0.2) is 72.3 Å². The topological polar surface area (TPSA) is 9.23 Å². The Hall–Kier alpha value is -4.13. The molecule has 220 valence electrons. The second-order valence-electron chi connectivity index (χ2n) is 9.65. The van der Waals surface area contributed by atoms with Crippen LogP contribution in [-0.4, -0.2) is 6.17 Å². The van der Waals surface area contributed by atoms with E-state index in [1.165, 1.54) is 12.1 Å². The largest absolute Gasteiger partial charge is 0.429 e. The molecule has 2 atom stereocenters. The van der Waals surface area contributed by atoms with Gasteiger partial charge < -0.3 is 4.74 Å². The van der Waals surface area contributed by atoms with Crippen molar-refractivity contribution in [3.05, 3.63) is 129 Å². The summed E-state index contributed by atoms with van der Waals surface area (Å²) in [5, 5.41) is 0. The van der Waals surface area contributed by atoms with Crippen molar-refractivity contribution in [1.29, 1.82) is 0 Å². The molecule has 0 N–H and O–H groups in total. The lowest BCUT2D eigenvalue weighted by Gasteiger charge is -2.25. The van der Waals surface area contributed by atoms with Gasteiger partial charge in [-0.05, 0) is 72.5 Å². The molecule has 1 nitrogen and oxygen atoms in total. The van der Waals surface area contributed by atoms with Crippen LogP contribution in [0.25, 0.3) is 0 Å². The van der Waals surface area contributed by atoms with Crippen molar-refractivity contribution in [2.45, 2.75) is 50.8 Å². The summed E-state index contributed by atoms with van der Waals surface area (Å²) in [7, 11) is 0. The third-order valence-corrected chi connectivity index (χ3v) is 6.56. The highest BCUT2D eigenvalue weighted by molar-refractivity contribution is 5.45. The van der Waals surface area contributed by atoms with E-state index in [-0.39, 0.29) is 11.1 Å². The molecule has 0 saturated heterocycles.